The summed E-state index contributed by atoms with van der Waals surface area (Å²) < 4.78 is 22.2. The summed E-state index contributed by atoms with van der Waals surface area (Å²) in [7, 11) is 3.26. The molecule has 3 heterocycles. The van der Waals surface area contributed by atoms with Gasteiger partial charge in [0.25, 0.3) is 5.91 Å². The Morgan fingerprint density at radius 2 is 1.80 bits per heavy atom. The summed E-state index contributed by atoms with van der Waals surface area (Å²) in [6, 6.07) is 13.4. The second kappa shape index (κ2) is 10.6. The summed E-state index contributed by atoms with van der Waals surface area (Å²) in [4.78, 5) is 22.9. The number of carbonyl (C=O) groups is 1. The quantitative estimate of drug-likeness (QED) is 0.471. The van der Waals surface area contributed by atoms with Gasteiger partial charge in [0.05, 0.1) is 33.1 Å². The summed E-state index contributed by atoms with van der Waals surface area (Å²) >= 11 is 1.43. The smallest absolute Gasteiger partial charge is 0.270 e. The molecule has 0 N–H and O–H groups in total. The first-order valence-corrected chi connectivity index (χ1v) is 12.5. The van der Waals surface area contributed by atoms with Crippen LogP contribution in [0, 0.1) is 0 Å². The predicted octanol–water partition coefficient (Wildman–Crippen LogP) is 3.74. The van der Waals surface area contributed by atoms with Crippen LogP contribution in [0.25, 0.3) is 10.6 Å². The van der Waals surface area contributed by atoms with Gasteiger partial charge in [0, 0.05) is 49.9 Å². The van der Waals surface area contributed by atoms with Crippen molar-refractivity contribution in [3.05, 3.63) is 53.0 Å². The molecule has 1 fully saturated rings. The highest BCUT2D eigenvalue weighted by Gasteiger charge is 2.30. The molecule has 2 aliphatic heterocycles. The van der Waals surface area contributed by atoms with E-state index in [2.05, 4.69) is 4.90 Å². The normalized spacial score (nSPS) is 16.2. The number of fused-ring (bicyclic) bond motifs is 1. The van der Waals surface area contributed by atoms with Crippen molar-refractivity contribution in [3.63, 3.8) is 0 Å². The van der Waals surface area contributed by atoms with Gasteiger partial charge in [-0.15, -0.1) is 11.3 Å². The van der Waals surface area contributed by atoms with Crippen LogP contribution in [0.2, 0.25) is 0 Å². The van der Waals surface area contributed by atoms with E-state index in [1.807, 2.05) is 42.5 Å². The third kappa shape index (κ3) is 5.12. The summed E-state index contributed by atoms with van der Waals surface area (Å²) in [5.74, 6) is 2.05. The molecule has 0 bridgehead atoms. The van der Waals surface area contributed by atoms with Crippen molar-refractivity contribution in [1.29, 1.82) is 0 Å². The fraction of sp³-hybridized carbons (Fsp3) is 0.385. The highest BCUT2D eigenvalue weighted by molar-refractivity contribution is 7.17. The maximum atomic E-state index is 13.4. The lowest BCUT2D eigenvalue weighted by Gasteiger charge is -2.27. The molecule has 1 saturated heterocycles. The Morgan fingerprint density at radius 3 is 2.54 bits per heavy atom. The Bertz CT molecular complexity index is 1170. The second-order valence-corrected chi connectivity index (χ2v) is 9.37. The largest absolute Gasteiger partial charge is 0.497 e. The molecule has 0 spiro atoms. The maximum Gasteiger partial charge on any atom is 0.270 e. The van der Waals surface area contributed by atoms with Gasteiger partial charge in [-0.25, -0.2) is 4.98 Å². The zero-order chi connectivity index (χ0) is 24.2. The van der Waals surface area contributed by atoms with Crippen molar-refractivity contribution >= 4 is 22.9 Å². The minimum atomic E-state index is -0.0356. The van der Waals surface area contributed by atoms with E-state index in [0.717, 1.165) is 60.5 Å². The Hall–Kier alpha value is -3.14. The maximum absolute atomic E-state index is 13.4. The molecule has 184 valence electrons. The van der Waals surface area contributed by atoms with Gasteiger partial charge in [0.2, 0.25) is 0 Å². The van der Waals surface area contributed by atoms with Gasteiger partial charge < -0.3 is 23.8 Å². The molecule has 9 heteroatoms. The SMILES string of the molecule is COc1ccc(-c2nc3c(s2)C(=O)N(c2ccc(OCCN4CCOCC4)c(OC)c2)CC3)cc1. The first-order chi connectivity index (χ1) is 17.2. The number of benzene rings is 2. The number of thiazole rings is 1. The van der Waals surface area contributed by atoms with Gasteiger partial charge in [-0.2, -0.15) is 0 Å². The van der Waals surface area contributed by atoms with Gasteiger partial charge in [-0.05, 0) is 36.4 Å². The number of methoxy groups -OCH3 is 2. The van der Waals surface area contributed by atoms with E-state index in [4.69, 9.17) is 23.9 Å². The highest BCUT2D eigenvalue weighted by atomic mass is 32.1. The number of hydrogen-bond donors (Lipinski definition) is 0. The topological polar surface area (TPSA) is 73.4 Å². The number of rotatable bonds is 8. The van der Waals surface area contributed by atoms with Gasteiger partial charge in [0.1, 0.15) is 22.2 Å². The summed E-state index contributed by atoms with van der Waals surface area (Å²) in [6.07, 6.45) is 0.702. The number of hydrogen-bond acceptors (Lipinski definition) is 8. The van der Waals surface area contributed by atoms with E-state index in [1.54, 1.807) is 19.1 Å². The fourth-order valence-corrected chi connectivity index (χ4v) is 5.35. The van der Waals surface area contributed by atoms with Gasteiger partial charge in [-0.1, -0.05) is 0 Å². The van der Waals surface area contributed by atoms with Gasteiger partial charge in [-0.3, -0.25) is 9.69 Å². The summed E-state index contributed by atoms with van der Waals surface area (Å²) in [6.45, 7) is 5.36. The molecule has 2 aliphatic rings. The molecule has 8 nitrogen and oxygen atoms in total. The molecule has 1 amide bonds. The molecule has 1 aromatic heterocycles. The van der Waals surface area contributed by atoms with Gasteiger partial charge >= 0.3 is 0 Å². The minimum absolute atomic E-state index is 0.0356. The predicted molar refractivity (Wildman–Crippen MR) is 135 cm³/mol. The summed E-state index contributed by atoms with van der Waals surface area (Å²) in [5.41, 5.74) is 2.62. The average Bonchev–Trinajstić information content (AvgIpc) is 3.35. The van der Waals surface area contributed by atoms with Crippen LogP contribution in [-0.2, 0) is 11.2 Å². The molecule has 0 atom stereocenters. The van der Waals surface area contributed by atoms with E-state index < -0.39 is 0 Å². The van der Waals surface area contributed by atoms with Crippen molar-refractivity contribution in [2.24, 2.45) is 0 Å². The number of aromatic nitrogens is 1. The first kappa shape index (κ1) is 23.6. The molecule has 0 unspecified atom stereocenters. The molecule has 35 heavy (non-hydrogen) atoms. The monoisotopic (exact) mass is 495 g/mol. The number of ether oxygens (including phenoxy) is 4. The molecule has 5 rings (SSSR count). The number of amides is 1. The Labute approximate surface area is 209 Å². The number of carbonyl (C=O) groups excluding carboxylic acids is 1. The molecular weight excluding hydrogens is 466 g/mol. The van der Waals surface area contributed by atoms with Crippen molar-refractivity contribution in [2.75, 3.05) is 65.1 Å². The third-order valence-electron chi connectivity index (χ3n) is 6.27. The highest BCUT2D eigenvalue weighted by Crippen LogP contribution is 2.37. The van der Waals surface area contributed by atoms with Crippen LogP contribution in [0.4, 0.5) is 5.69 Å². The number of nitrogens with zero attached hydrogens (tertiary/aromatic N) is 3. The molecular formula is C26H29N3O5S. The molecule has 0 radical (unpaired) electrons. The second-order valence-electron chi connectivity index (χ2n) is 8.37. The van der Waals surface area contributed by atoms with Crippen LogP contribution in [0.15, 0.2) is 42.5 Å². The lowest BCUT2D eigenvalue weighted by molar-refractivity contribution is 0.0321. The summed E-state index contributed by atoms with van der Waals surface area (Å²) in [5, 5.41) is 0.842. The van der Waals surface area contributed by atoms with E-state index in [0.29, 0.717) is 35.9 Å². The average molecular weight is 496 g/mol. The van der Waals surface area contributed by atoms with Crippen molar-refractivity contribution in [1.82, 2.24) is 9.88 Å². The Balaban J connectivity index is 1.29. The Morgan fingerprint density at radius 1 is 1.00 bits per heavy atom. The van der Waals surface area contributed by atoms with Crippen LogP contribution in [0.5, 0.6) is 17.2 Å². The lowest BCUT2D eigenvalue weighted by atomic mass is 10.1. The fourth-order valence-electron chi connectivity index (χ4n) is 4.29. The molecule has 0 saturated carbocycles. The van der Waals surface area contributed by atoms with Crippen LogP contribution in [-0.4, -0.2) is 76.0 Å². The van der Waals surface area contributed by atoms with E-state index in [1.165, 1.54) is 11.3 Å². The van der Waals surface area contributed by atoms with E-state index in [9.17, 15) is 4.79 Å². The molecule has 0 aliphatic carbocycles. The zero-order valence-corrected chi connectivity index (χ0v) is 20.8. The first-order valence-electron chi connectivity index (χ1n) is 11.7. The van der Waals surface area contributed by atoms with Crippen LogP contribution in [0.1, 0.15) is 15.4 Å². The standard InChI is InChI=1S/C26H29N3O5S/c1-31-20-6-3-18(4-7-20)25-27-21-9-10-29(26(30)24(21)35-25)19-5-8-22(23(17-19)32-2)34-16-13-28-11-14-33-15-12-28/h3-8,17H,9-16H2,1-2H3. The zero-order valence-electron chi connectivity index (χ0n) is 20.0. The number of anilines is 1. The van der Waals surface area contributed by atoms with Crippen LogP contribution >= 0.6 is 11.3 Å². The third-order valence-corrected chi connectivity index (χ3v) is 7.41. The van der Waals surface area contributed by atoms with Gasteiger partial charge in [0.15, 0.2) is 11.5 Å². The lowest BCUT2D eigenvalue weighted by Crippen LogP contribution is -2.38. The van der Waals surface area contributed by atoms with E-state index >= 15 is 0 Å². The van der Waals surface area contributed by atoms with Crippen LogP contribution in [0.3, 0.4) is 0 Å². The van der Waals surface area contributed by atoms with Crippen molar-refractivity contribution in [2.45, 2.75) is 6.42 Å². The molecule has 2 aromatic carbocycles. The minimum Gasteiger partial charge on any atom is -0.497 e. The van der Waals surface area contributed by atoms with E-state index in [-0.39, 0.29) is 5.91 Å². The van der Waals surface area contributed by atoms with Crippen molar-refractivity contribution < 1.29 is 23.7 Å². The van der Waals surface area contributed by atoms with Crippen molar-refractivity contribution in [3.8, 4) is 27.8 Å². The number of morpholine rings is 1. The Kier molecular flexibility index (Phi) is 7.17. The van der Waals surface area contributed by atoms with Crippen LogP contribution < -0.4 is 19.1 Å². The molecule has 3 aromatic rings.